The molecule has 0 radical (unpaired) electrons. The van der Waals surface area contributed by atoms with Gasteiger partial charge in [0.2, 0.25) is 0 Å². The number of nitrogens with one attached hydrogen (secondary N) is 1. The number of anilines is 1. The van der Waals surface area contributed by atoms with Crippen LogP contribution in [0.3, 0.4) is 0 Å². The first-order valence-electron chi connectivity index (χ1n) is 9.89. The van der Waals surface area contributed by atoms with Crippen molar-refractivity contribution in [2.75, 3.05) is 18.4 Å². The number of rotatable bonds is 6. The Morgan fingerprint density at radius 3 is 2.70 bits per heavy atom. The number of carbonyl (C=O) groups excluding carboxylic acids is 1. The minimum absolute atomic E-state index is 0.102. The van der Waals surface area contributed by atoms with Crippen molar-refractivity contribution in [1.29, 1.82) is 0 Å². The molecule has 1 fully saturated rings. The van der Waals surface area contributed by atoms with Gasteiger partial charge in [0.15, 0.2) is 0 Å². The summed E-state index contributed by atoms with van der Waals surface area (Å²) in [5.74, 6) is 1.43. The normalized spacial score (nSPS) is 17.7. The molecule has 1 amide bonds. The number of ether oxygens (including phenoxy) is 1. The van der Waals surface area contributed by atoms with Crippen LogP contribution in [0, 0.1) is 5.92 Å². The third-order valence-corrected chi connectivity index (χ3v) is 4.83. The highest BCUT2D eigenvalue weighted by Gasteiger charge is 2.16. The first-order valence-corrected chi connectivity index (χ1v) is 9.89. The largest absolute Gasteiger partial charge is 0.491 e. The Kier molecular flexibility index (Phi) is 6.51. The van der Waals surface area contributed by atoms with Gasteiger partial charge in [0.25, 0.3) is 5.91 Å². The van der Waals surface area contributed by atoms with Crippen LogP contribution in [0.1, 0.15) is 49.5 Å². The van der Waals surface area contributed by atoms with Crippen LogP contribution < -0.4 is 10.1 Å². The highest BCUT2D eigenvalue weighted by Crippen LogP contribution is 2.20. The minimum atomic E-state index is -0.102. The molecular formula is C23H30N2O2. The molecule has 3 rings (SSSR count). The SMILES string of the molecule is CC(C)Oc1cccc(NC(=O)c2ccc(CN3CCC[C@@H](C)C3)cc2)c1. The maximum absolute atomic E-state index is 12.5. The van der Waals surface area contributed by atoms with Crippen molar-refractivity contribution >= 4 is 11.6 Å². The maximum atomic E-state index is 12.5. The van der Waals surface area contributed by atoms with E-state index in [1.54, 1.807) is 0 Å². The second-order valence-corrected chi connectivity index (χ2v) is 7.83. The molecule has 0 aliphatic carbocycles. The molecule has 0 aromatic heterocycles. The zero-order valence-electron chi connectivity index (χ0n) is 16.6. The summed E-state index contributed by atoms with van der Waals surface area (Å²) >= 11 is 0. The fraction of sp³-hybridized carbons (Fsp3) is 0.435. The van der Waals surface area contributed by atoms with E-state index in [1.165, 1.54) is 24.9 Å². The van der Waals surface area contributed by atoms with Gasteiger partial charge in [-0.2, -0.15) is 0 Å². The highest BCUT2D eigenvalue weighted by molar-refractivity contribution is 6.04. The Hall–Kier alpha value is -2.33. The summed E-state index contributed by atoms with van der Waals surface area (Å²) in [5.41, 5.74) is 2.67. The third-order valence-electron chi connectivity index (χ3n) is 4.83. The summed E-state index contributed by atoms with van der Waals surface area (Å²) in [5, 5.41) is 2.95. The van der Waals surface area contributed by atoms with E-state index in [1.807, 2.05) is 50.2 Å². The quantitative estimate of drug-likeness (QED) is 0.786. The van der Waals surface area contributed by atoms with Crippen molar-refractivity contribution in [3.63, 3.8) is 0 Å². The Morgan fingerprint density at radius 2 is 2.00 bits per heavy atom. The lowest BCUT2D eigenvalue weighted by Gasteiger charge is -2.30. The first-order chi connectivity index (χ1) is 13.0. The monoisotopic (exact) mass is 366 g/mol. The van der Waals surface area contributed by atoms with E-state index in [2.05, 4.69) is 29.3 Å². The van der Waals surface area contributed by atoms with E-state index < -0.39 is 0 Å². The molecule has 27 heavy (non-hydrogen) atoms. The predicted octanol–water partition coefficient (Wildman–Crippen LogP) is 4.96. The molecule has 144 valence electrons. The van der Waals surface area contributed by atoms with Crippen LogP contribution in [-0.2, 0) is 6.54 Å². The molecule has 2 aromatic carbocycles. The van der Waals surface area contributed by atoms with E-state index in [-0.39, 0.29) is 12.0 Å². The van der Waals surface area contributed by atoms with Gasteiger partial charge in [0.1, 0.15) is 5.75 Å². The summed E-state index contributed by atoms with van der Waals surface area (Å²) in [6, 6.07) is 15.4. The van der Waals surface area contributed by atoms with Crippen LogP contribution in [0.25, 0.3) is 0 Å². The van der Waals surface area contributed by atoms with Crippen LogP contribution in [-0.4, -0.2) is 30.0 Å². The van der Waals surface area contributed by atoms with Crippen molar-refractivity contribution < 1.29 is 9.53 Å². The Bertz CT molecular complexity index is 755. The van der Waals surface area contributed by atoms with Crippen LogP contribution in [0.15, 0.2) is 48.5 Å². The maximum Gasteiger partial charge on any atom is 0.255 e. The van der Waals surface area contributed by atoms with Crippen LogP contribution in [0.5, 0.6) is 5.75 Å². The second kappa shape index (κ2) is 9.05. The van der Waals surface area contributed by atoms with Gasteiger partial charge in [0, 0.05) is 30.4 Å². The van der Waals surface area contributed by atoms with Crippen LogP contribution in [0.4, 0.5) is 5.69 Å². The lowest BCUT2D eigenvalue weighted by atomic mass is 9.99. The molecule has 1 N–H and O–H groups in total. The molecule has 0 bridgehead atoms. The molecule has 0 spiro atoms. The average molecular weight is 367 g/mol. The van der Waals surface area contributed by atoms with Gasteiger partial charge >= 0.3 is 0 Å². The van der Waals surface area contributed by atoms with Crippen LogP contribution >= 0.6 is 0 Å². The minimum Gasteiger partial charge on any atom is -0.491 e. The standard InChI is InChI=1S/C23H30N2O2/c1-17(2)27-22-8-4-7-21(14-22)24-23(26)20-11-9-19(10-12-20)16-25-13-5-6-18(3)15-25/h4,7-12,14,17-18H,5-6,13,15-16H2,1-3H3,(H,24,26)/t18-/m1/s1. The molecule has 4 heteroatoms. The summed E-state index contributed by atoms with van der Waals surface area (Å²) in [7, 11) is 0. The Morgan fingerprint density at radius 1 is 1.22 bits per heavy atom. The average Bonchev–Trinajstić information content (AvgIpc) is 2.62. The van der Waals surface area contributed by atoms with Crippen molar-refractivity contribution in [2.45, 2.75) is 46.3 Å². The van der Waals surface area contributed by atoms with Crippen molar-refractivity contribution in [3.8, 4) is 5.75 Å². The number of piperidine rings is 1. The van der Waals surface area contributed by atoms with Gasteiger partial charge in [-0.15, -0.1) is 0 Å². The van der Waals surface area contributed by atoms with Gasteiger partial charge in [-0.25, -0.2) is 0 Å². The van der Waals surface area contributed by atoms with E-state index in [0.717, 1.165) is 30.4 Å². The van der Waals surface area contributed by atoms with Crippen LogP contribution in [0.2, 0.25) is 0 Å². The lowest BCUT2D eigenvalue weighted by molar-refractivity contribution is 0.102. The molecule has 1 aliphatic heterocycles. The van der Waals surface area contributed by atoms with Gasteiger partial charge < -0.3 is 10.1 Å². The van der Waals surface area contributed by atoms with E-state index >= 15 is 0 Å². The molecule has 0 unspecified atom stereocenters. The van der Waals surface area contributed by atoms with Crippen molar-refractivity contribution in [1.82, 2.24) is 4.90 Å². The Labute approximate surface area is 162 Å². The number of hydrogen-bond acceptors (Lipinski definition) is 3. The number of nitrogens with zero attached hydrogens (tertiary/aromatic N) is 1. The van der Waals surface area contributed by atoms with Gasteiger partial charge in [0.05, 0.1) is 6.10 Å². The van der Waals surface area contributed by atoms with Gasteiger partial charge in [-0.3, -0.25) is 9.69 Å². The fourth-order valence-corrected chi connectivity index (χ4v) is 3.57. The first kappa shape index (κ1) is 19.4. The Balaban J connectivity index is 1.59. The number of carbonyl (C=O) groups is 1. The smallest absolute Gasteiger partial charge is 0.255 e. The third kappa shape index (κ3) is 5.83. The molecule has 1 saturated heterocycles. The van der Waals surface area contributed by atoms with Crippen molar-refractivity contribution in [2.24, 2.45) is 5.92 Å². The molecule has 1 aliphatic rings. The summed E-state index contributed by atoms with van der Waals surface area (Å²) in [6.45, 7) is 9.58. The van der Waals surface area contributed by atoms with E-state index in [9.17, 15) is 4.79 Å². The summed E-state index contributed by atoms with van der Waals surface area (Å²) in [4.78, 5) is 15.0. The number of likely N-dealkylation sites (tertiary alicyclic amines) is 1. The van der Waals surface area contributed by atoms with Crippen molar-refractivity contribution in [3.05, 3.63) is 59.7 Å². The lowest BCUT2D eigenvalue weighted by Crippen LogP contribution is -2.33. The molecular weight excluding hydrogens is 336 g/mol. The highest BCUT2D eigenvalue weighted by atomic mass is 16.5. The topological polar surface area (TPSA) is 41.6 Å². The van der Waals surface area contributed by atoms with E-state index in [0.29, 0.717) is 5.56 Å². The molecule has 1 heterocycles. The van der Waals surface area contributed by atoms with Gasteiger partial charge in [-0.05, 0) is 69.0 Å². The summed E-state index contributed by atoms with van der Waals surface area (Å²) in [6.07, 6.45) is 2.71. The predicted molar refractivity (Wildman–Crippen MR) is 110 cm³/mol. The van der Waals surface area contributed by atoms with Gasteiger partial charge in [-0.1, -0.05) is 25.1 Å². The second-order valence-electron chi connectivity index (χ2n) is 7.83. The number of hydrogen-bond donors (Lipinski definition) is 1. The van der Waals surface area contributed by atoms with E-state index in [4.69, 9.17) is 4.74 Å². The number of benzene rings is 2. The zero-order chi connectivity index (χ0) is 19.2. The zero-order valence-corrected chi connectivity index (χ0v) is 16.6. The fourth-order valence-electron chi connectivity index (χ4n) is 3.57. The molecule has 0 saturated carbocycles. The molecule has 2 aromatic rings. The molecule has 1 atom stereocenters. The molecule has 4 nitrogen and oxygen atoms in total. The summed E-state index contributed by atoms with van der Waals surface area (Å²) < 4.78 is 5.68. The number of amides is 1.